The zero-order valence-electron chi connectivity index (χ0n) is 9.86. The number of aromatic nitrogens is 3. The van der Waals surface area contributed by atoms with Gasteiger partial charge in [-0.3, -0.25) is 5.10 Å². The summed E-state index contributed by atoms with van der Waals surface area (Å²) in [6, 6.07) is 0. The number of hydrogen-bond acceptors (Lipinski definition) is 4. The third-order valence-electron chi connectivity index (χ3n) is 2.25. The van der Waals surface area contributed by atoms with Crippen LogP contribution >= 0.6 is 12.2 Å². The standard InChI is InChI=1S/C10H19N3O2S/c1-3-15-7-4-5-9-11-12-10(16)13(9)6-8-14-2/h3-8H2,1-2H3,(H,12,16). The minimum atomic E-state index is 0.645. The molecule has 0 unspecified atom stereocenters. The van der Waals surface area contributed by atoms with E-state index >= 15 is 0 Å². The fourth-order valence-electron chi connectivity index (χ4n) is 1.43. The van der Waals surface area contributed by atoms with Crippen molar-refractivity contribution in [3.8, 4) is 0 Å². The van der Waals surface area contributed by atoms with E-state index in [4.69, 9.17) is 21.7 Å². The van der Waals surface area contributed by atoms with Gasteiger partial charge in [-0.05, 0) is 25.6 Å². The highest BCUT2D eigenvalue weighted by Crippen LogP contribution is 2.02. The molecule has 0 spiro atoms. The van der Waals surface area contributed by atoms with Gasteiger partial charge in [-0.25, -0.2) is 0 Å². The molecule has 5 nitrogen and oxygen atoms in total. The first kappa shape index (κ1) is 13.3. The van der Waals surface area contributed by atoms with Crippen molar-refractivity contribution < 1.29 is 9.47 Å². The Labute approximate surface area is 101 Å². The highest BCUT2D eigenvalue weighted by atomic mass is 32.1. The molecule has 0 atom stereocenters. The number of ether oxygens (including phenoxy) is 2. The Hall–Kier alpha value is -0.720. The minimum absolute atomic E-state index is 0.645. The van der Waals surface area contributed by atoms with Crippen molar-refractivity contribution in [3.05, 3.63) is 10.6 Å². The van der Waals surface area contributed by atoms with Gasteiger partial charge < -0.3 is 14.0 Å². The Morgan fingerprint density at radius 3 is 2.94 bits per heavy atom. The average molecular weight is 245 g/mol. The SMILES string of the molecule is CCOCCCc1n[nH]c(=S)n1CCOC. The molecule has 0 aliphatic carbocycles. The summed E-state index contributed by atoms with van der Waals surface area (Å²) in [6.07, 6.45) is 1.83. The van der Waals surface area contributed by atoms with Crippen molar-refractivity contribution in [1.82, 2.24) is 14.8 Å². The largest absolute Gasteiger partial charge is 0.383 e. The fourth-order valence-corrected chi connectivity index (χ4v) is 1.67. The van der Waals surface area contributed by atoms with Crippen LogP contribution in [0.5, 0.6) is 0 Å². The van der Waals surface area contributed by atoms with Crippen LogP contribution in [-0.2, 0) is 22.4 Å². The maximum Gasteiger partial charge on any atom is 0.195 e. The lowest BCUT2D eigenvalue weighted by atomic mass is 10.3. The second kappa shape index (κ2) is 7.54. The van der Waals surface area contributed by atoms with E-state index in [2.05, 4.69) is 10.2 Å². The van der Waals surface area contributed by atoms with Crippen LogP contribution in [0.1, 0.15) is 19.2 Å². The van der Waals surface area contributed by atoms with Crippen LogP contribution < -0.4 is 0 Å². The van der Waals surface area contributed by atoms with Gasteiger partial charge in [-0.2, -0.15) is 5.10 Å². The maximum absolute atomic E-state index is 5.29. The van der Waals surface area contributed by atoms with Crippen molar-refractivity contribution in [1.29, 1.82) is 0 Å². The number of methoxy groups -OCH3 is 1. The van der Waals surface area contributed by atoms with Gasteiger partial charge in [0.1, 0.15) is 5.82 Å². The molecule has 0 radical (unpaired) electrons. The predicted octanol–water partition coefficient (Wildman–Crippen LogP) is 1.56. The molecular formula is C10H19N3O2S. The topological polar surface area (TPSA) is 52.1 Å². The van der Waals surface area contributed by atoms with Crippen LogP contribution in [0.15, 0.2) is 0 Å². The molecule has 1 N–H and O–H groups in total. The normalized spacial score (nSPS) is 10.9. The fraction of sp³-hybridized carbons (Fsp3) is 0.800. The van der Waals surface area contributed by atoms with Gasteiger partial charge in [0.15, 0.2) is 4.77 Å². The van der Waals surface area contributed by atoms with Crippen LogP contribution in [0, 0.1) is 4.77 Å². The molecule has 1 aromatic rings. The highest BCUT2D eigenvalue weighted by Gasteiger charge is 2.05. The molecule has 0 saturated carbocycles. The van der Waals surface area contributed by atoms with Gasteiger partial charge >= 0.3 is 0 Å². The van der Waals surface area contributed by atoms with E-state index in [1.807, 2.05) is 11.5 Å². The number of aromatic amines is 1. The smallest absolute Gasteiger partial charge is 0.195 e. The molecule has 0 aromatic carbocycles. The van der Waals surface area contributed by atoms with Crippen molar-refractivity contribution in [2.24, 2.45) is 0 Å². The van der Waals surface area contributed by atoms with Gasteiger partial charge in [0.2, 0.25) is 0 Å². The summed E-state index contributed by atoms with van der Waals surface area (Å²) in [5.41, 5.74) is 0. The van der Waals surface area contributed by atoms with Crippen LogP contribution in [0.3, 0.4) is 0 Å². The van der Waals surface area contributed by atoms with E-state index in [9.17, 15) is 0 Å². The number of rotatable bonds is 8. The van der Waals surface area contributed by atoms with E-state index in [0.717, 1.165) is 38.4 Å². The van der Waals surface area contributed by atoms with Gasteiger partial charge in [-0.1, -0.05) is 0 Å². The summed E-state index contributed by atoms with van der Waals surface area (Å²) in [4.78, 5) is 0. The Balaban J connectivity index is 2.48. The summed E-state index contributed by atoms with van der Waals surface area (Å²) in [5.74, 6) is 0.974. The number of nitrogens with one attached hydrogen (secondary N) is 1. The van der Waals surface area contributed by atoms with Crippen molar-refractivity contribution >= 4 is 12.2 Å². The quantitative estimate of drug-likeness (QED) is 0.558. The van der Waals surface area contributed by atoms with Gasteiger partial charge in [0.25, 0.3) is 0 Å². The first-order valence-corrected chi connectivity index (χ1v) is 5.91. The number of aryl methyl sites for hydroxylation is 1. The van der Waals surface area contributed by atoms with Crippen LogP contribution in [0.25, 0.3) is 0 Å². The van der Waals surface area contributed by atoms with Crippen LogP contribution in [0.4, 0.5) is 0 Å². The Bertz CT molecular complexity index is 348. The number of hydrogen-bond donors (Lipinski definition) is 1. The summed E-state index contributed by atoms with van der Waals surface area (Å²) >= 11 is 5.15. The summed E-state index contributed by atoms with van der Waals surface area (Å²) in [6.45, 7) is 4.91. The maximum atomic E-state index is 5.29. The molecule has 1 rings (SSSR count). The van der Waals surface area contributed by atoms with Crippen molar-refractivity contribution in [2.45, 2.75) is 26.3 Å². The Morgan fingerprint density at radius 2 is 2.25 bits per heavy atom. The number of nitrogens with zero attached hydrogens (tertiary/aromatic N) is 2. The van der Waals surface area contributed by atoms with E-state index < -0.39 is 0 Å². The van der Waals surface area contributed by atoms with Crippen molar-refractivity contribution in [2.75, 3.05) is 26.9 Å². The summed E-state index contributed by atoms with van der Waals surface area (Å²) < 4.78 is 13.0. The number of H-pyrrole nitrogens is 1. The van der Waals surface area contributed by atoms with E-state index in [1.54, 1.807) is 7.11 Å². The van der Waals surface area contributed by atoms with E-state index in [0.29, 0.717) is 11.4 Å². The molecule has 92 valence electrons. The highest BCUT2D eigenvalue weighted by molar-refractivity contribution is 7.71. The Morgan fingerprint density at radius 1 is 1.44 bits per heavy atom. The van der Waals surface area contributed by atoms with E-state index in [1.165, 1.54) is 0 Å². The van der Waals surface area contributed by atoms with Gasteiger partial charge in [0, 0.05) is 33.3 Å². The molecule has 0 bridgehead atoms. The first-order valence-electron chi connectivity index (χ1n) is 5.50. The molecule has 6 heteroatoms. The predicted molar refractivity (Wildman–Crippen MR) is 64.1 cm³/mol. The third-order valence-corrected chi connectivity index (χ3v) is 2.56. The lowest BCUT2D eigenvalue weighted by Gasteiger charge is -2.05. The molecule has 1 aromatic heterocycles. The van der Waals surface area contributed by atoms with Crippen LogP contribution in [0.2, 0.25) is 0 Å². The molecule has 0 amide bonds. The van der Waals surface area contributed by atoms with Crippen molar-refractivity contribution in [3.63, 3.8) is 0 Å². The molecule has 0 aliphatic rings. The molecule has 1 heterocycles. The molecule has 0 fully saturated rings. The second-order valence-corrected chi connectivity index (χ2v) is 3.78. The molecule has 0 aliphatic heterocycles. The Kier molecular flexibility index (Phi) is 6.29. The molecular weight excluding hydrogens is 226 g/mol. The third kappa shape index (κ3) is 4.03. The lowest BCUT2D eigenvalue weighted by Crippen LogP contribution is -2.09. The monoisotopic (exact) mass is 245 g/mol. The summed E-state index contributed by atoms with van der Waals surface area (Å²) in [7, 11) is 1.68. The summed E-state index contributed by atoms with van der Waals surface area (Å²) in [5, 5.41) is 7.01. The molecule has 16 heavy (non-hydrogen) atoms. The molecule has 0 saturated heterocycles. The van der Waals surface area contributed by atoms with Gasteiger partial charge in [0.05, 0.1) is 6.61 Å². The van der Waals surface area contributed by atoms with Crippen LogP contribution in [-0.4, -0.2) is 41.7 Å². The zero-order valence-corrected chi connectivity index (χ0v) is 10.7. The average Bonchev–Trinajstić information content (AvgIpc) is 2.63. The van der Waals surface area contributed by atoms with E-state index in [-0.39, 0.29) is 0 Å². The first-order chi connectivity index (χ1) is 7.79. The second-order valence-electron chi connectivity index (χ2n) is 3.39. The van der Waals surface area contributed by atoms with Gasteiger partial charge in [-0.15, -0.1) is 0 Å². The zero-order chi connectivity index (χ0) is 11.8. The minimum Gasteiger partial charge on any atom is -0.383 e. The lowest BCUT2D eigenvalue weighted by molar-refractivity contribution is 0.144.